The van der Waals surface area contributed by atoms with Gasteiger partial charge >= 0.3 is 0 Å². The third-order valence-corrected chi connectivity index (χ3v) is 8.10. The topological polar surface area (TPSA) is 40.6 Å². The Bertz CT molecular complexity index is 1160. The number of hydrogen-bond donors (Lipinski definition) is 0. The average Bonchev–Trinajstić information content (AvgIpc) is 3.27. The highest BCUT2D eigenvalue weighted by Crippen LogP contribution is 2.26. The van der Waals surface area contributed by atoms with Gasteiger partial charge in [-0.05, 0) is 72.7 Å². The molecule has 1 heterocycles. The Kier molecular flexibility index (Phi) is 8.74. The van der Waals surface area contributed by atoms with Crippen molar-refractivity contribution >= 4 is 39.1 Å². The first kappa shape index (κ1) is 25.6. The largest absolute Gasteiger partial charge is 0.332 e. The molecule has 35 heavy (non-hydrogen) atoms. The van der Waals surface area contributed by atoms with Gasteiger partial charge in [-0.2, -0.15) is 0 Å². The Morgan fingerprint density at radius 1 is 1.03 bits per heavy atom. The lowest BCUT2D eigenvalue weighted by Gasteiger charge is -2.35. The molecule has 184 valence electrons. The van der Waals surface area contributed by atoms with E-state index in [-0.39, 0.29) is 30.2 Å². The molecule has 0 unspecified atom stereocenters. The van der Waals surface area contributed by atoms with Crippen molar-refractivity contribution < 1.29 is 14.0 Å². The van der Waals surface area contributed by atoms with Crippen molar-refractivity contribution in [1.29, 1.82) is 0 Å². The van der Waals surface area contributed by atoms with Crippen molar-refractivity contribution in [2.75, 3.05) is 6.54 Å². The molecule has 2 amide bonds. The smallest absolute Gasteiger partial charge is 0.254 e. The van der Waals surface area contributed by atoms with Crippen LogP contribution in [0.3, 0.4) is 0 Å². The number of aryl methyl sites for hydroxylation is 1. The van der Waals surface area contributed by atoms with E-state index < -0.39 is 0 Å². The molecule has 0 atom stereocenters. The van der Waals surface area contributed by atoms with E-state index in [0.717, 1.165) is 52.6 Å². The first-order valence-electron chi connectivity index (χ1n) is 12.0. The fourth-order valence-corrected chi connectivity index (χ4v) is 5.89. The molecular weight excluding hydrogens is 527 g/mol. The van der Waals surface area contributed by atoms with E-state index in [0.29, 0.717) is 18.7 Å². The maximum absolute atomic E-state index is 13.8. The van der Waals surface area contributed by atoms with Gasteiger partial charge in [-0.1, -0.05) is 53.4 Å². The number of hydrogen-bond acceptors (Lipinski definition) is 3. The van der Waals surface area contributed by atoms with Gasteiger partial charge in [-0.3, -0.25) is 9.59 Å². The summed E-state index contributed by atoms with van der Waals surface area (Å²) in [5, 5.41) is 2.02. The molecule has 0 aliphatic heterocycles. The summed E-state index contributed by atoms with van der Waals surface area (Å²) < 4.78 is 14.3. The Morgan fingerprint density at radius 2 is 1.77 bits per heavy atom. The third kappa shape index (κ3) is 6.79. The number of thiophene rings is 1. The molecule has 0 N–H and O–H groups in total. The maximum atomic E-state index is 13.8. The molecular formula is C28H30BrFN2O2S. The van der Waals surface area contributed by atoms with Gasteiger partial charge in [0.15, 0.2) is 0 Å². The quantitative estimate of drug-likeness (QED) is 0.301. The SMILES string of the molecule is Cc1ccsc1CN(Cc1ccc(F)cc1)C(=O)CN(C(=O)c1cccc(Br)c1)C1CCCCC1. The van der Waals surface area contributed by atoms with Crippen LogP contribution in [-0.2, 0) is 17.9 Å². The van der Waals surface area contributed by atoms with Crippen molar-refractivity contribution in [1.82, 2.24) is 9.80 Å². The summed E-state index contributed by atoms with van der Waals surface area (Å²) >= 11 is 5.08. The van der Waals surface area contributed by atoms with Crippen molar-refractivity contribution in [3.63, 3.8) is 0 Å². The molecule has 4 nitrogen and oxygen atoms in total. The van der Waals surface area contributed by atoms with Crippen LogP contribution in [0.15, 0.2) is 64.5 Å². The number of halogens is 2. The number of carbonyl (C=O) groups excluding carboxylic acids is 2. The molecule has 1 saturated carbocycles. The van der Waals surface area contributed by atoms with Crippen molar-refractivity contribution in [2.24, 2.45) is 0 Å². The molecule has 1 aliphatic rings. The second-order valence-corrected chi connectivity index (χ2v) is 11.1. The van der Waals surface area contributed by atoms with E-state index in [9.17, 15) is 14.0 Å². The molecule has 1 aromatic heterocycles. The van der Waals surface area contributed by atoms with Gasteiger partial charge in [0.05, 0.1) is 6.54 Å². The lowest BCUT2D eigenvalue weighted by atomic mass is 9.93. The van der Waals surface area contributed by atoms with Crippen LogP contribution in [0.25, 0.3) is 0 Å². The monoisotopic (exact) mass is 556 g/mol. The van der Waals surface area contributed by atoms with E-state index >= 15 is 0 Å². The average molecular weight is 558 g/mol. The molecule has 1 aliphatic carbocycles. The van der Waals surface area contributed by atoms with Crippen LogP contribution in [0.4, 0.5) is 4.39 Å². The first-order chi connectivity index (χ1) is 16.9. The molecule has 0 spiro atoms. The summed E-state index contributed by atoms with van der Waals surface area (Å²) in [6.07, 6.45) is 5.12. The Hall–Kier alpha value is -2.51. The summed E-state index contributed by atoms with van der Waals surface area (Å²) in [6.45, 7) is 2.89. The fourth-order valence-electron chi connectivity index (χ4n) is 4.57. The van der Waals surface area contributed by atoms with Crippen molar-refractivity contribution in [3.8, 4) is 0 Å². The Morgan fingerprint density at radius 3 is 2.43 bits per heavy atom. The summed E-state index contributed by atoms with van der Waals surface area (Å²) in [5.74, 6) is -0.513. The highest BCUT2D eigenvalue weighted by molar-refractivity contribution is 9.10. The highest BCUT2D eigenvalue weighted by atomic mass is 79.9. The molecule has 3 aromatic rings. The minimum absolute atomic E-state index is 0.0294. The second kappa shape index (κ2) is 12.0. The molecule has 0 radical (unpaired) electrons. The molecule has 1 fully saturated rings. The second-order valence-electron chi connectivity index (χ2n) is 9.14. The number of carbonyl (C=O) groups is 2. The first-order valence-corrected chi connectivity index (χ1v) is 13.7. The standard InChI is InChI=1S/C28H30BrFN2O2S/c1-20-14-15-35-26(20)18-31(17-21-10-12-24(30)13-11-21)27(33)19-32(25-8-3-2-4-9-25)28(34)22-6-5-7-23(29)16-22/h5-7,10-16,25H,2-4,8-9,17-19H2,1H3. The van der Waals surface area contributed by atoms with Crippen LogP contribution in [0.2, 0.25) is 0 Å². The van der Waals surface area contributed by atoms with Crippen LogP contribution >= 0.6 is 27.3 Å². The van der Waals surface area contributed by atoms with Crippen molar-refractivity contribution in [2.45, 2.75) is 58.2 Å². The van der Waals surface area contributed by atoms with Crippen molar-refractivity contribution in [3.05, 3.63) is 91.8 Å². The summed E-state index contributed by atoms with van der Waals surface area (Å²) in [4.78, 5) is 32.1. The van der Waals surface area contributed by atoms with E-state index in [1.54, 1.807) is 39.3 Å². The Labute approximate surface area is 218 Å². The van der Waals surface area contributed by atoms with Gasteiger partial charge in [-0.15, -0.1) is 11.3 Å². The van der Waals surface area contributed by atoms with Gasteiger partial charge in [0.1, 0.15) is 12.4 Å². The minimum atomic E-state index is -0.302. The predicted molar refractivity (Wildman–Crippen MR) is 142 cm³/mol. The lowest BCUT2D eigenvalue weighted by molar-refractivity contribution is -0.133. The molecule has 7 heteroatoms. The number of nitrogens with zero attached hydrogens (tertiary/aromatic N) is 2. The van der Waals surface area contributed by atoms with Crippen LogP contribution in [-0.4, -0.2) is 34.2 Å². The summed E-state index contributed by atoms with van der Waals surface area (Å²) in [6, 6.07) is 15.7. The Balaban J connectivity index is 1.59. The molecule has 4 rings (SSSR count). The van der Waals surface area contributed by atoms with Crippen LogP contribution in [0, 0.1) is 12.7 Å². The summed E-state index contributed by atoms with van der Waals surface area (Å²) in [5.41, 5.74) is 2.58. The van der Waals surface area contributed by atoms with Gasteiger partial charge in [-0.25, -0.2) is 4.39 Å². The van der Waals surface area contributed by atoms with E-state index in [1.165, 1.54) is 12.1 Å². The van der Waals surface area contributed by atoms with E-state index in [4.69, 9.17) is 0 Å². The number of rotatable bonds is 8. The zero-order valence-electron chi connectivity index (χ0n) is 19.9. The van der Waals surface area contributed by atoms with Crippen LogP contribution in [0.1, 0.15) is 58.5 Å². The van der Waals surface area contributed by atoms with E-state index in [1.807, 2.05) is 36.6 Å². The zero-order chi connectivity index (χ0) is 24.8. The minimum Gasteiger partial charge on any atom is -0.332 e. The maximum Gasteiger partial charge on any atom is 0.254 e. The number of benzene rings is 2. The lowest BCUT2D eigenvalue weighted by Crippen LogP contribution is -2.48. The molecule has 0 saturated heterocycles. The predicted octanol–water partition coefficient (Wildman–Crippen LogP) is 6.96. The van der Waals surface area contributed by atoms with E-state index in [2.05, 4.69) is 15.9 Å². The van der Waals surface area contributed by atoms with Crippen LogP contribution in [0.5, 0.6) is 0 Å². The normalized spacial score (nSPS) is 14.0. The highest BCUT2D eigenvalue weighted by Gasteiger charge is 2.30. The molecule has 0 bridgehead atoms. The molecule has 2 aromatic carbocycles. The number of amides is 2. The third-order valence-electron chi connectivity index (χ3n) is 6.60. The van der Waals surface area contributed by atoms with Gasteiger partial charge in [0.25, 0.3) is 5.91 Å². The van der Waals surface area contributed by atoms with Gasteiger partial charge < -0.3 is 9.80 Å². The summed E-state index contributed by atoms with van der Waals surface area (Å²) in [7, 11) is 0. The van der Waals surface area contributed by atoms with Crippen LogP contribution < -0.4 is 0 Å². The fraction of sp³-hybridized carbons (Fsp3) is 0.357. The van der Waals surface area contributed by atoms with Gasteiger partial charge in [0, 0.05) is 27.5 Å². The van der Waals surface area contributed by atoms with Gasteiger partial charge in [0.2, 0.25) is 5.91 Å². The zero-order valence-corrected chi connectivity index (χ0v) is 22.3.